The molecule has 0 amide bonds. The summed E-state index contributed by atoms with van der Waals surface area (Å²) in [5, 5.41) is 18.7. The third-order valence-corrected chi connectivity index (χ3v) is 3.13. The third kappa shape index (κ3) is 2.61. The average molecular weight is 221 g/mol. The van der Waals surface area contributed by atoms with E-state index in [1.165, 1.54) is 5.56 Å². The van der Waals surface area contributed by atoms with Crippen LogP contribution in [0.4, 0.5) is 0 Å². The number of nitrogens with zero attached hydrogens (tertiary/aromatic N) is 1. The predicted molar refractivity (Wildman–Crippen MR) is 63.3 cm³/mol. The Hall–Kier alpha value is -0.900. The molecule has 0 radical (unpaired) electrons. The second-order valence-corrected chi connectivity index (χ2v) is 4.96. The summed E-state index contributed by atoms with van der Waals surface area (Å²) in [4.78, 5) is 2.17. The van der Waals surface area contributed by atoms with Gasteiger partial charge in [0.25, 0.3) is 0 Å². The van der Waals surface area contributed by atoms with Crippen molar-refractivity contribution < 1.29 is 10.2 Å². The minimum atomic E-state index is -0.971. The summed E-state index contributed by atoms with van der Waals surface area (Å²) in [5.41, 5.74) is 0.393. The number of rotatable bonds is 4. The Balaban J connectivity index is 1.83. The molecule has 1 aliphatic heterocycles. The molecule has 1 unspecified atom stereocenters. The Kier molecular flexibility index (Phi) is 3.28. The summed E-state index contributed by atoms with van der Waals surface area (Å²) >= 11 is 0. The van der Waals surface area contributed by atoms with Crippen LogP contribution in [-0.4, -0.2) is 47.0 Å². The van der Waals surface area contributed by atoms with Crippen LogP contribution in [0.5, 0.6) is 0 Å². The van der Waals surface area contributed by atoms with Gasteiger partial charge in [0.2, 0.25) is 0 Å². The van der Waals surface area contributed by atoms with Crippen molar-refractivity contribution in [1.29, 1.82) is 0 Å². The second kappa shape index (κ2) is 4.53. The lowest BCUT2D eigenvalue weighted by Crippen LogP contribution is -2.52. The lowest BCUT2D eigenvalue weighted by atomic mass is 9.90. The number of likely N-dealkylation sites (tertiary alicyclic amines) is 1. The maximum atomic E-state index is 9.72. The molecule has 0 spiro atoms. The minimum Gasteiger partial charge on any atom is -0.393 e. The number of benzene rings is 1. The zero-order valence-electron chi connectivity index (χ0n) is 9.63. The van der Waals surface area contributed by atoms with Gasteiger partial charge in [-0.25, -0.2) is 0 Å². The molecule has 1 aromatic carbocycles. The lowest BCUT2D eigenvalue weighted by Gasteiger charge is -2.42. The molecule has 1 aliphatic rings. The first-order valence-corrected chi connectivity index (χ1v) is 5.71. The Labute approximate surface area is 96.3 Å². The van der Waals surface area contributed by atoms with Crippen LogP contribution in [0.15, 0.2) is 30.3 Å². The van der Waals surface area contributed by atoms with E-state index < -0.39 is 5.60 Å². The fraction of sp³-hybridized carbons (Fsp3) is 0.538. The maximum absolute atomic E-state index is 9.72. The molecular formula is C13H19NO2. The molecule has 2 N–H and O–H groups in total. The molecule has 1 heterocycles. The average Bonchev–Trinajstić information content (AvgIpc) is 2.24. The summed E-state index contributed by atoms with van der Waals surface area (Å²) in [7, 11) is 0. The van der Waals surface area contributed by atoms with Gasteiger partial charge in [0.1, 0.15) is 0 Å². The normalized spacial score (nSPS) is 21.4. The van der Waals surface area contributed by atoms with Crippen molar-refractivity contribution in [2.45, 2.75) is 18.4 Å². The largest absolute Gasteiger partial charge is 0.393 e. The fourth-order valence-electron chi connectivity index (χ4n) is 2.17. The van der Waals surface area contributed by atoms with E-state index in [0.717, 1.165) is 13.1 Å². The molecule has 0 saturated carbocycles. The highest BCUT2D eigenvalue weighted by Crippen LogP contribution is 2.27. The smallest absolute Gasteiger partial charge is 0.0975 e. The number of aliphatic hydroxyl groups excluding tert-OH is 1. The van der Waals surface area contributed by atoms with Gasteiger partial charge < -0.3 is 10.2 Å². The summed E-state index contributed by atoms with van der Waals surface area (Å²) in [6, 6.07) is 10.4. The second-order valence-electron chi connectivity index (χ2n) is 4.96. The van der Waals surface area contributed by atoms with Crippen molar-refractivity contribution in [3.63, 3.8) is 0 Å². The van der Waals surface area contributed by atoms with E-state index in [2.05, 4.69) is 29.2 Å². The summed E-state index contributed by atoms with van der Waals surface area (Å²) in [5.74, 6) is 0.579. The predicted octanol–water partition coefficient (Wildman–Crippen LogP) is 0.829. The summed E-state index contributed by atoms with van der Waals surface area (Å²) in [6.07, 6.45) is 0. The minimum absolute atomic E-state index is 0.181. The lowest BCUT2D eigenvalue weighted by molar-refractivity contribution is -0.0422. The Bertz CT molecular complexity index is 331. The molecule has 3 nitrogen and oxygen atoms in total. The van der Waals surface area contributed by atoms with Gasteiger partial charge in [-0.1, -0.05) is 30.3 Å². The molecule has 2 rings (SSSR count). The van der Waals surface area contributed by atoms with Crippen LogP contribution < -0.4 is 0 Å². The highest BCUT2D eigenvalue weighted by molar-refractivity contribution is 5.22. The zero-order valence-corrected chi connectivity index (χ0v) is 9.63. The SMILES string of the molecule is CC(O)(CO)CN1CC(c2ccccc2)C1. The Morgan fingerprint density at radius 3 is 2.50 bits per heavy atom. The van der Waals surface area contributed by atoms with E-state index in [1.807, 2.05) is 6.07 Å². The van der Waals surface area contributed by atoms with Gasteiger partial charge in [0, 0.05) is 25.6 Å². The molecule has 1 fully saturated rings. The van der Waals surface area contributed by atoms with Crippen molar-refractivity contribution in [2.24, 2.45) is 0 Å². The van der Waals surface area contributed by atoms with E-state index in [4.69, 9.17) is 5.11 Å². The van der Waals surface area contributed by atoms with Gasteiger partial charge in [-0.15, -0.1) is 0 Å². The Morgan fingerprint density at radius 2 is 1.94 bits per heavy atom. The van der Waals surface area contributed by atoms with Crippen molar-refractivity contribution in [2.75, 3.05) is 26.2 Å². The molecule has 0 aromatic heterocycles. The van der Waals surface area contributed by atoms with Crippen molar-refractivity contribution in [3.05, 3.63) is 35.9 Å². The quantitative estimate of drug-likeness (QED) is 0.791. The van der Waals surface area contributed by atoms with Crippen LogP contribution in [0.3, 0.4) is 0 Å². The third-order valence-electron chi connectivity index (χ3n) is 3.13. The van der Waals surface area contributed by atoms with Crippen LogP contribution in [0.1, 0.15) is 18.4 Å². The summed E-state index contributed by atoms with van der Waals surface area (Å²) < 4.78 is 0. The maximum Gasteiger partial charge on any atom is 0.0975 e. The van der Waals surface area contributed by atoms with Gasteiger partial charge in [-0.3, -0.25) is 4.90 Å². The van der Waals surface area contributed by atoms with E-state index in [9.17, 15) is 5.11 Å². The van der Waals surface area contributed by atoms with Crippen LogP contribution in [0, 0.1) is 0 Å². The molecule has 1 saturated heterocycles. The monoisotopic (exact) mass is 221 g/mol. The molecular weight excluding hydrogens is 202 g/mol. The summed E-state index contributed by atoms with van der Waals surface area (Å²) in [6.45, 7) is 3.98. The van der Waals surface area contributed by atoms with Gasteiger partial charge in [0.05, 0.1) is 12.2 Å². The standard InChI is InChI=1S/C13H19NO2/c1-13(16,10-15)9-14-7-12(8-14)11-5-3-2-4-6-11/h2-6,12,15-16H,7-10H2,1H3. The topological polar surface area (TPSA) is 43.7 Å². The van der Waals surface area contributed by atoms with Gasteiger partial charge in [-0.05, 0) is 12.5 Å². The first-order chi connectivity index (χ1) is 7.61. The molecule has 3 heteroatoms. The highest BCUT2D eigenvalue weighted by atomic mass is 16.3. The first kappa shape index (κ1) is 11.6. The van der Waals surface area contributed by atoms with Gasteiger partial charge in [0.15, 0.2) is 0 Å². The Morgan fingerprint density at radius 1 is 1.31 bits per heavy atom. The van der Waals surface area contributed by atoms with Crippen molar-refractivity contribution in [3.8, 4) is 0 Å². The van der Waals surface area contributed by atoms with Crippen molar-refractivity contribution >= 4 is 0 Å². The number of aliphatic hydroxyl groups is 2. The molecule has 1 atom stereocenters. The molecule has 0 aliphatic carbocycles. The van der Waals surface area contributed by atoms with Gasteiger partial charge in [-0.2, -0.15) is 0 Å². The number of β-amino-alcohol motifs (C(OH)–C–C–N with tert-alkyl or cyclic N) is 1. The van der Waals surface area contributed by atoms with E-state index in [-0.39, 0.29) is 6.61 Å². The van der Waals surface area contributed by atoms with E-state index in [0.29, 0.717) is 12.5 Å². The molecule has 16 heavy (non-hydrogen) atoms. The zero-order chi connectivity index (χ0) is 11.6. The van der Waals surface area contributed by atoms with E-state index >= 15 is 0 Å². The fourth-order valence-corrected chi connectivity index (χ4v) is 2.17. The molecule has 88 valence electrons. The first-order valence-electron chi connectivity index (χ1n) is 5.71. The van der Waals surface area contributed by atoms with Crippen LogP contribution in [0.25, 0.3) is 0 Å². The molecule has 0 bridgehead atoms. The van der Waals surface area contributed by atoms with Crippen LogP contribution >= 0.6 is 0 Å². The number of hydrogen-bond acceptors (Lipinski definition) is 3. The van der Waals surface area contributed by atoms with E-state index in [1.54, 1.807) is 6.92 Å². The van der Waals surface area contributed by atoms with Crippen molar-refractivity contribution in [1.82, 2.24) is 4.90 Å². The highest BCUT2D eigenvalue weighted by Gasteiger charge is 2.32. The molecule has 1 aromatic rings. The van der Waals surface area contributed by atoms with Crippen LogP contribution in [0.2, 0.25) is 0 Å². The van der Waals surface area contributed by atoms with Gasteiger partial charge >= 0.3 is 0 Å². The number of hydrogen-bond donors (Lipinski definition) is 2. The van der Waals surface area contributed by atoms with Crippen LogP contribution in [-0.2, 0) is 0 Å².